The Balaban J connectivity index is 1.39. The number of hydrogen-bond acceptors (Lipinski definition) is 5. The van der Waals surface area contributed by atoms with Crippen molar-refractivity contribution < 1.29 is 19.0 Å². The minimum absolute atomic E-state index is 0.134. The Hall–Kier alpha value is -3.67. The molecule has 1 amide bonds. The topological polar surface area (TPSA) is 68.8 Å². The van der Waals surface area contributed by atoms with Crippen LogP contribution in [0.1, 0.15) is 13.3 Å². The van der Waals surface area contributed by atoms with Gasteiger partial charge in [-0.3, -0.25) is 4.79 Å². The number of nitrogens with one attached hydrogen (secondary N) is 2. The zero-order chi connectivity index (χ0) is 21.7. The molecule has 0 aliphatic heterocycles. The molecule has 31 heavy (non-hydrogen) atoms. The highest BCUT2D eigenvalue weighted by Crippen LogP contribution is 2.18. The summed E-state index contributed by atoms with van der Waals surface area (Å²) >= 11 is 0. The second-order valence-electron chi connectivity index (χ2n) is 6.81. The van der Waals surface area contributed by atoms with Gasteiger partial charge in [0.05, 0.1) is 13.2 Å². The predicted octanol–water partition coefficient (Wildman–Crippen LogP) is 4.98. The molecule has 0 bridgehead atoms. The van der Waals surface area contributed by atoms with Crippen molar-refractivity contribution >= 4 is 17.3 Å². The summed E-state index contributed by atoms with van der Waals surface area (Å²) in [6.07, 6.45) is 0.956. The van der Waals surface area contributed by atoms with Gasteiger partial charge in [0.2, 0.25) is 5.91 Å². The van der Waals surface area contributed by atoms with Crippen molar-refractivity contribution in [2.75, 3.05) is 37.0 Å². The zero-order valence-corrected chi connectivity index (χ0v) is 17.7. The van der Waals surface area contributed by atoms with Crippen LogP contribution in [-0.4, -0.2) is 32.3 Å². The number of carbonyl (C=O) groups excluding carboxylic acids is 1. The molecule has 0 heterocycles. The summed E-state index contributed by atoms with van der Waals surface area (Å²) in [6, 6.07) is 24.5. The number of rotatable bonds is 12. The molecule has 3 aromatic carbocycles. The fraction of sp³-hybridized carbons (Fsp3) is 0.240. The highest BCUT2D eigenvalue weighted by Gasteiger charge is 2.04. The van der Waals surface area contributed by atoms with Crippen LogP contribution in [0.3, 0.4) is 0 Å². The molecule has 0 unspecified atom stereocenters. The molecule has 0 atom stereocenters. The summed E-state index contributed by atoms with van der Waals surface area (Å²) in [5.41, 5.74) is 1.53. The molecule has 0 fully saturated rings. The van der Waals surface area contributed by atoms with E-state index in [4.69, 9.17) is 14.2 Å². The molecule has 0 aliphatic carbocycles. The lowest BCUT2D eigenvalue weighted by molar-refractivity contribution is -0.114. The first kappa shape index (κ1) is 22.0. The van der Waals surface area contributed by atoms with Crippen molar-refractivity contribution in [1.29, 1.82) is 0 Å². The molecule has 0 saturated carbocycles. The number of carbonyl (C=O) groups is 1. The molecule has 0 radical (unpaired) electrons. The Kier molecular flexibility index (Phi) is 8.61. The molecular formula is C25H28N2O4. The molecule has 3 aromatic rings. The number of anilines is 2. The average molecular weight is 421 g/mol. The molecular weight excluding hydrogens is 392 g/mol. The summed E-state index contributed by atoms with van der Waals surface area (Å²) in [6.45, 7) is 3.76. The quantitative estimate of drug-likeness (QED) is 0.404. The van der Waals surface area contributed by atoms with Crippen LogP contribution in [0.4, 0.5) is 11.4 Å². The van der Waals surface area contributed by atoms with E-state index in [0.717, 1.165) is 29.3 Å². The van der Waals surface area contributed by atoms with E-state index in [1.165, 1.54) is 0 Å². The van der Waals surface area contributed by atoms with E-state index >= 15 is 0 Å². The van der Waals surface area contributed by atoms with Crippen LogP contribution in [0, 0.1) is 0 Å². The summed E-state index contributed by atoms with van der Waals surface area (Å²) in [7, 11) is 0. The third-order valence-corrected chi connectivity index (χ3v) is 4.26. The second kappa shape index (κ2) is 12.1. The Morgan fingerprint density at radius 3 is 2.10 bits per heavy atom. The first-order chi connectivity index (χ1) is 15.2. The van der Waals surface area contributed by atoms with Crippen LogP contribution < -0.4 is 24.8 Å². The van der Waals surface area contributed by atoms with Crippen LogP contribution in [-0.2, 0) is 4.79 Å². The lowest BCUT2D eigenvalue weighted by Crippen LogP contribution is -2.21. The zero-order valence-electron chi connectivity index (χ0n) is 17.7. The molecule has 0 aliphatic rings. The van der Waals surface area contributed by atoms with Crippen LogP contribution in [0.2, 0.25) is 0 Å². The standard InChI is InChI=1S/C25H28N2O4/c1-2-15-29-23-13-11-20(12-14-23)27-25(28)19-26-21-7-6-10-24(18-21)31-17-16-30-22-8-4-3-5-9-22/h3-14,18,26H,2,15-17,19H2,1H3,(H,27,28). The van der Waals surface area contributed by atoms with Gasteiger partial charge in [0.1, 0.15) is 30.5 Å². The van der Waals surface area contributed by atoms with Crippen molar-refractivity contribution in [1.82, 2.24) is 0 Å². The first-order valence-corrected chi connectivity index (χ1v) is 10.4. The van der Waals surface area contributed by atoms with E-state index < -0.39 is 0 Å². The smallest absolute Gasteiger partial charge is 0.243 e. The van der Waals surface area contributed by atoms with Crippen molar-refractivity contribution in [3.05, 3.63) is 78.9 Å². The number of benzene rings is 3. The molecule has 2 N–H and O–H groups in total. The Morgan fingerprint density at radius 1 is 0.710 bits per heavy atom. The molecule has 0 aromatic heterocycles. The van der Waals surface area contributed by atoms with E-state index in [9.17, 15) is 4.79 Å². The summed E-state index contributed by atoms with van der Waals surface area (Å²) < 4.78 is 16.9. The molecule has 162 valence electrons. The molecule has 0 saturated heterocycles. The average Bonchev–Trinajstić information content (AvgIpc) is 2.81. The molecule has 6 nitrogen and oxygen atoms in total. The minimum atomic E-state index is -0.134. The van der Waals surface area contributed by atoms with Gasteiger partial charge >= 0.3 is 0 Å². The third-order valence-electron chi connectivity index (χ3n) is 4.26. The minimum Gasteiger partial charge on any atom is -0.494 e. The van der Waals surface area contributed by atoms with E-state index in [2.05, 4.69) is 17.6 Å². The van der Waals surface area contributed by atoms with Crippen LogP contribution in [0.15, 0.2) is 78.9 Å². The van der Waals surface area contributed by atoms with E-state index in [-0.39, 0.29) is 12.5 Å². The van der Waals surface area contributed by atoms with Gasteiger partial charge in [-0.15, -0.1) is 0 Å². The number of hydrogen-bond donors (Lipinski definition) is 2. The highest BCUT2D eigenvalue weighted by atomic mass is 16.5. The SMILES string of the molecule is CCCOc1ccc(NC(=O)CNc2cccc(OCCOc3ccccc3)c2)cc1. The fourth-order valence-electron chi connectivity index (χ4n) is 2.77. The monoisotopic (exact) mass is 420 g/mol. The van der Waals surface area contributed by atoms with Crippen molar-refractivity contribution in [2.24, 2.45) is 0 Å². The highest BCUT2D eigenvalue weighted by molar-refractivity contribution is 5.93. The number of para-hydroxylation sites is 1. The number of ether oxygens (including phenoxy) is 3. The van der Waals surface area contributed by atoms with Gasteiger partial charge in [0.25, 0.3) is 0 Å². The lowest BCUT2D eigenvalue weighted by Gasteiger charge is -2.11. The molecule has 0 spiro atoms. The van der Waals surface area contributed by atoms with Crippen LogP contribution in [0.25, 0.3) is 0 Å². The van der Waals surface area contributed by atoms with Crippen molar-refractivity contribution in [2.45, 2.75) is 13.3 Å². The Morgan fingerprint density at radius 2 is 1.35 bits per heavy atom. The van der Waals surface area contributed by atoms with Gasteiger partial charge in [-0.25, -0.2) is 0 Å². The fourth-order valence-corrected chi connectivity index (χ4v) is 2.77. The molecule has 6 heteroatoms. The maximum atomic E-state index is 12.2. The Bertz CT molecular complexity index is 930. The lowest BCUT2D eigenvalue weighted by atomic mass is 10.3. The van der Waals surface area contributed by atoms with Crippen LogP contribution in [0.5, 0.6) is 17.2 Å². The predicted molar refractivity (Wildman–Crippen MR) is 123 cm³/mol. The van der Waals surface area contributed by atoms with Gasteiger partial charge in [-0.2, -0.15) is 0 Å². The van der Waals surface area contributed by atoms with Gasteiger partial charge in [-0.05, 0) is 55.0 Å². The maximum Gasteiger partial charge on any atom is 0.243 e. The maximum absolute atomic E-state index is 12.2. The molecule has 3 rings (SSSR count). The van der Waals surface area contributed by atoms with E-state index in [0.29, 0.717) is 25.6 Å². The van der Waals surface area contributed by atoms with Gasteiger partial charge in [0, 0.05) is 17.4 Å². The Labute approximate surface area is 183 Å². The third kappa shape index (κ3) is 7.93. The number of amides is 1. The summed E-state index contributed by atoms with van der Waals surface area (Å²) in [5.74, 6) is 2.19. The normalized spacial score (nSPS) is 10.2. The summed E-state index contributed by atoms with van der Waals surface area (Å²) in [5, 5.41) is 5.98. The van der Waals surface area contributed by atoms with Gasteiger partial charge in [0.15, 0.2) is 0 Å². The summed E-state index contributed by atoms with van der Waals surface area (Å²) in [4.78, 5) is 12.2. The second-order valence-corrected chi connectivity index (χ2v) is 6.81. The van der Waals surface area contributed by atoms with Crippen LogP contribution >= 0.6 is 0 Å². The van der Waals surface area contributed by atoms with E-state index in [1.807, 2.05) is 78.9 Å². The van der Waals surface area contributed by atoms with Gasteiger partial charge in [-0.1, -0.05) is 31.2 Å². The van der Waals surface area contributed by atoms with Crippen molar-refractivity contribution in [3.8, 4) is 17.2 Å². The van der Waals surface area contributed by atoms with Gasteiger partial charge < -0.3 is 24.8 Å². The van der Waals surface area contributed by atoms with Crippen molar-refractivity contribution in [3.63, 3.8) is 0 Å². The first-order valence-electron chi connectivity index (χ1n) is 10.4. The largest absolute Gasteiger partial charge is 0.494 e. The van der Waals surface area contributed by atoms with E-state index in [1.54, 1.807) is 0 Å².